The SMILES string of the molecule is c1cc(N(c2ccccc2-c2ccc3c(c2)sc2ccccc23)c2cccc3ccccc23)cc(-n2c3ccccc3c3ccccc32)c1. The van der Waals surface area contributed by atoms with Crippen LogP contribution in [0.25, 0.3) is 69.6 Å². The summed E-state index contributed by atoms with van der Waals surface area (Å²) in [7, 11) is 0. The van der Waals surface area contributed by atoms with Gasteiger partial charge in [0, 0.05) is 53.3 Å². The molecule has 49 heavy (non-hydrogen) atoms. The molecule has 0 fully saturated rings. The first-order valence-corrected chi connectivity index (χ1v) is 17.5. The predicted molar refractivity (Wildman–Crippen MR) is 211 cm³/mol. The molecule has 0 aliphatic rings. The minimum absolute atomic E-state index is 1.10. The van der Waals surface area contributed by atoms with E-state index in [-0.39, 0.29) is 0 Å². The number of nitrogens with zero attached hydrogens (tertiary/aromatic N) is 2. The third-order valence-corrected chi connectivity index (χ3v) is 10.9. The van der Waals surface area contributed by atoms with Crippen LogP contribution in [0.2, 0.25) is 0 Å². The number of para-hydroxylation sites is 3. The van der Waals surface area contributed by atoms with Crippen molar-refractivity contribution >= 4 is 81.1 Å². The highest BCUT2D eigenvalue weighted by Gasteiger charge is 2.21. The first-order chi connectivity index (χ1) is 24.3. The fourth-order valence-electron chi connectivity index (χ4n) is 7.59. The van der Waals surface area contributed by atoms with Crippen LogP contribution < -0.4 is 4.90 Å². The first-order valence-electron chi connectivity index (χ1n) is 16.7. The second-order valence-electron chi connectivity index (χ2n) is 12.5. The van der Waals surface area contributed by atoms with Gasteiger partial charge in [-0.05, 0) is 65.5 Å². The molecule has 0 atom stereocenters. The van der Waals surface area contributed by atoms with Crippen molar-refractivity contribution in [3.8, 4) is 16.8 Å². The number of hydrogen-bond donors (Lipinski definition) is 0. The zero-order valence-electron chi connectivity index (χ0n) is 26.6. The van der Waals surface area contributed by atoms with Gasteiger partial charge in [-0.2, -0.15) is 0 Å². The summed E-state index contributed by atoms with van der Waals surface area (Å²) in [6.07, 6.45) is 0. The summed E-state index contributed by atoms with van der Waals surface area (Å²) in [6.45, 7) is 0. The Labute approximate surface area is 288 Å². The van der Waals surface area contributed by atoms with Gasteiger partial charge in [-0.1, -0.05) is 127 Å². The number of rotatable bonds is 5. The highest BCUT2D eigenvalue weighted by Crippen LogP contribution is 2.45. The van der Waals surface area contributed by atoms with Crippen molar-refractivity contribution in [2.24, 2.45) is 0 Å². The third-order valence-electron chi connectivity index (χ3n) is 9.77. The Morgan fingerprint density at radius 3 is 1.86 bits per heavy atom. The fourth-order valence-corrected chi connectivity index (χ4v) is 8.73. The van der Waals surface area contributed by atoms with Gasteiger partial charge in [-0.25, -0.2) is 0 Å². The molecule has 0 aliphatic carbocycles. The van der Waals surface area contributed by atoms with E-state index in [0.29, 0.717) is 0 Å². The molecule has 0 spiro atoms. The summed E-state index contributed by atoms with van der Waals surface area (Å²) >= 11 is 1.87. The number of anilines is 3. The van der Waals surface area contributed by atoms with E-state index in [0.717, 1.165) is 22.7 Å². The molecule has 2 heterocycles. The molecule has 3 heteroatoms. The Balaban J connectivity index is 1.22. The Hall–Kier alpha value is -6.16. The van der Waals surface area contributed by atoms with Crippen molar-refractivity contribution < 1.29 is 0 Å². The summed E-state index contributed by atoms with van der Waals surface area (Å²) in [5.41, 5.74) is 9.32. The molecule has 0 saturated carbocycles. The van der Waals surface area contributed by atoms with Gasteiger partial charge in [0.25, 0.3) is 0 Å². The lowest BCUT2D eigenvalue weighted by molar-refractivity contribution is 1.17. The Morgan fingerprint density at radius 1 is 0.408 bits per heavy atom. The molecule has 10 rings (SSSR count). The molecule has 230 valence electrons. The van der Waals surface area contributed by atoms with E-state index in [9.17, 15) is 0 Å². The monoisotopic (exact) mass is 642 g/mol. The molecule has 0 saturated heterocycles. The summed E-state index contributed by atoms with van der Waals surface area (Å²) < 4.78 is 5.03. The van der Waals surface area contributed by atoms with Gasteiger partial charge in [0.2, 0.25) is 0 Å². The molecule has 0 amide bonds. The van der Waals surface area contributed by atoms with Gasteiger partial charge in [-0.3, -0.25) is 0 Å². The smallest absolute Gasteiger partial charge is 0.0541 e. The molecular weight excluding hydrogens is 613 g/mol. The first kappa shape index (κ1) is 27.9. The minimum atomic E-state index is 1.10. The van der Waals surface area contributed by atoms with Crippen molar-refractivity contribution in [3.05, 3.63) is 182 Å². The number of hydrogen-bond acceptors (Lipinski definition) is 2. The lowest BCUT2D eigenvalue weighted by Crippen LogP contribution is -2.12. The lowest BCUT2D eigenvalue weighted by atomic mass is 9.99. The molecule has 0 N–H and O–H groups in total. The van der Waals surface area contributed by atoms with Crippen LogP contribution in [0.15, 0.2) is 182 Å². The van der Waals surface area contributed by atoms with Crippen LogP contribution in [0.3, 0.4) is 0 Å². The van der Waals surface area contributed by atoms with Crippen LogP contribution >= 0.6 is 11.3 Å². The summed E-state index contributed by atoms with van der Waals surface area (Å²) in [5, 5.41) is 7.58. The van der Waals surface area contributed by atoms with E-state index in [1.807, 2.05) is 11.3 Å². The van der Waals surface area contributed by atoms with Crippen LogP contribution in [-0.4, -0.2) is 4.57 Å². The highest BCUT2D eigenvalue weighted by atomic mass is 32.1. The average molecular weight is 643 g/mol. The molecule has 2 nitrogen and oxygen atoms in total. The molecule has 0 radical (unpaired) electrons. The van der Waals surface area contributed by atoms with Crippen molar-refractivity contribution in [2.45, 2.75) is 0 Å². The zero-order valence-corrected chi connectivity index (χ0v) is 27.4. The number of benzene rings is 8. The van der Waals surface area contributed by atoms with Crippen molar-refractivity contribution in [1.29, 1.82) is 0 Å². The van der Waals surface area contributed by atoms with E-state index in [2.05, 4.69) is 191 Å². The number of aromatic nitrogens is 1. The summed E-state index contributed by atoms with van der Waals surface area (Å²) in [5.74, 6) is 0. The van der Waals surface area contributed by atoms with Gasteiger partial charge in [0.05, 0.1) is 22.4 Å². The Kier molecular flexibility index (Phi) is 6.39. The van der Waals surface area contributed by atoms with E-state index in [1.54, 1.807) is 0 Å². The largest absolute Gasteiger partial charge is 0.309 e. The van der Waals surface area contributed by atoms with Gasteiger partial charge in [0.1, 0.15) is 0 Å². The van der Waals surface area contributed by atoms with Gasteiger partial charge < -0.3 is 9.47 Å². The molecule has 10 aromatic rings. The predicted octanol–water partition coefficient (Wildman–Crippen LogP) is 13.4. The molecule has 0 aliphatic heterocycles. The topological polar surface area (TPSA) is 8.17 Å². The minimum Gasteiger partial charge on any atom is -0.309 e. The van der Waals surface area contributed by atoms with Crippen LogP contribution in [0, 0.1) is 0 Å². The van der Waals surface area contributed by atoms with Crippen LogP contribution in [0.4, 0.5) is 17.1 Å². The summed E-state index contributed by atoms with van der Waals surface area (Å²) in [4.78, 5) is 2.45. The van der Waals surface area contributed by atoms with E-state index in [1.165, 1.54) is 63.9 Å². The standard InChI is InChI=1S/C46H30N2S/c1-2-17-35-31(13-1)14-11-25-42(35)47(33-15-12-16-34(30-33)48-43-23-8-4-19-37(43)38-20-5-9-24-44(38)48)41-22-7-3-18-36(41)32-27-28-40-39-21-6-10-26-45(39)49-46(40)29-32/h1-30H. The van der Waals surface area contributed by atoms with Crippen LogP contribution in [-0.2, 0) is 0 Å². The van der Waals surface area contributed by atoms with E-state index >= 15 is 0 Å². The van der Waals surface area contributed by atoms with Crippen LogP contribution in [0.1, 0.15) is 0 Å². The van der Waals surface area contributed by atoms with Gasteiger partial charge in [0.15, 0.2) is 0 Å². The van der Waals surface area contributed by atoms with Crippen molar-refractivity contribution in [3.63, 3.8) is 0 Å². The molecule has 0 bridgehead atoms. The number of fused-ring (bicyclic) bond motifs is 7. The van der Waals surface area contributed by atoms with Gasteiger partial charge >= 0.3 is 0 Å². The maximum atomic E-state index is 2.45. The Morgan fingerprint density at radius 2 is 1.02 bits per heavy atom. The normalized spacial score (nSPS) is 11.7. The Bertz CT molecular complexity index is 2800. The summed E-state index contributed by atoms with van der Waals surface area (Å²) in [6, 6.07) is 66.3. The van der Waals surface area contributed by atoms with Gasteiger partial charge in [-0.15, -0.1) is 11.3 Å². The molecule has 2 aromatic heterocycles. The maximum absolute atomic E-state index is 2.45. The van der Waals surface area contributed by atoms with Crippen molar-refractivity contribution in [1.82, 2.24) is 4.57 Å². The van der Waals surface area contributed by atoms with Crippen molar-refractivity contribution in [2.75, 3.05) is 4.90 Å². The van der Waals surface area contributed by atoms with Crippen LogP contribution in [0.5, 0.6) is 0 Å². The molecule has 8 aromatic carbocycles. The highest BCUT2D eigenvalue weighted by molar-refractivity contribution is 7.25. The quantitative estimate of drug-likeness (QED) is 0.181. The second-order valence-corrected chi connectivity index (χ2v) is 13.6. The average Bonchev–Trinajstić information content (AvgIpc) is 3.71. The lowest BCUT2D eigenvalue weighted by Gasteiger charge is -2.29. The zero-order chi connectivity index (χ0) is 32.3. The third kappa shape index (κ3) is 4.47. The number of thiophene rings is 1. The molecule has 0 unspecified atom stereocenters. The maximum Gasteiger partial charge on any atom is 0.0541 e. The van der Waals surface area contributed by atoms with E-state index in [4.69, 9.17) is 0 Å². The van der Waals surface area contributed by atoms with E-state index < -0.39 is 0 Å². The second kappa shape index (κ2) is 11.2. The fraction of sp³-hybridized carbons (Fsp3) is 0. The molecular formula is C46H30N2S.